The Morgan fingerprint density at radius 3 is 2.62 bits per heavy atom. The minimum atomic E-state index is -0.255. The van der Waals surface area contributed by atoms with Crippen molar-refractivity contribution >= 4 is 5.78 Å². The molecule has 3 rings (SSSR count). The van der Waals surface area contributed by atoms with Crippen molar-refractivity contribution in [1.29, 1.82) is 0 Å². The molecule has 0 saturated heterocycles. The summed E-state index contributed by atoms with van der Waals surface area (Å²) in [5.74, 6) is 0.302. The smallest absolute Gasteiger partial charge is 0.146 e. The van der Waals surface area contributed by atoms with Crippen molar-refractivity contribution < 1.29 is 4.79 Å². The summed E-state index contributed by atoms with van der Waals surface area (Å²) in [5, 5.41) is 4.67. The Hall–Kier alpha value is -1.16. The highest BCUT2D eigenvalue weighted by molar-refractivity contribution is 5.87. The SMILES string of the molecule is NCC1(C(=O)Cc2ccn(C3CCCCC3)n2)CCCC1. The van der Waals surface area contributed by atoms with E-state index in [1.54, 1.807) is 0 Å². The first-order chi connectivity index (χ1) is 10.2. The van der Waals surface area contributed by atoms with E-state index in [-0.39, 0.29) is 5.41 Å². The zero-order valence-electron chi connectivity index (χ0n) is 12.9. The van der Waals surface area contributed by atoms with Crippen molar-refractivity contribution in [3.63, 3.8) is 0 Å². The van der Waals surface area contributed by atoms with E-state index in [1.165, 1.54) is 32.1 Å². The molecule has 21 heavy (non-hydrogen) atoms. The van der Waals surface area contributed by atoms with E-state index < -0.39 is 0 Å². The average molecular weight is 289 g/mol. The van der Waals surface area contributed by atoms with Crippen LogP contribution >= 0.6 is 0 Å². The second-order valence-corrected chi connectivity index (χ2v) is 6.87. The molecule has 0 radical (unpaired) electrons. The summed E-state index contributed by atoms with van der Waals surface area (Å²) < 4.78 is 2.09. The van der Waals surface area contributed by atoms with Gasteiger partial charge < -0.3 is 5.73 Å². The van der Waals surface area contributed by atoms with Crippen molar-refractivity contribution in [2.75, 3.05) is 6.54 Å². The third-order valence-electron chi connectivity index (χ3n) is 5.50. The van der Waals surface area contributed by atoms with E-state index in [1.807, 2.05) is 6.07 Å². The normalized spacial score (nSPS) is 22.5. The van der Waals surface area contributed by atoms with Gasteiger partial charge in [0.25, 0.3) is 0 Å². The molecule has 1 aromatic rings. The number of ketones is 1. The third kappa shape index (κ3) is 3.05. The number of rotatable bonds is 5. The van der Waals surface area contributed by atoms with Gasteiger partial charge in [-0.25, -0.2) is 0 Å². The second kappa shape index (κ2) is 6.30. The molecule has 2 fully saturated rings. The molecule has 1 heterocycles. The molecular weight excluding hydrogens is 262 g/mol. The summed E-state index contributed by atoms with van der Waals surface area (Å²) in [6, 6.07) is 2.56. The van der Waals surface area contributed by atoms with Crippen LogP contribution < -0.4 is 5.73 Å². The van der Waals surface area contributed by atoms with Crippen molar-refractivity contribution in [2.24, 2.45) is 11.1 Å². The fourth-order valence-corrected chi connectivity index (χ4v) is 4.02. The molecule has 2 aliphatic carbocycles. The largest absolute Gasteiger partial charge is 0.329 e. The number of carbonyl (C=O) groups excluding carboxylic acids is 1. The maximum Gasteiger partial charge on any atom is 0.146 e. The van der Waals surface area contributed by atoms with Gasteiger partial charge in [0, 0.05) is 18.2 Å². The van der Waals surface area contributed by atoms with Gasteiger partial charge in [0.15, 0.2) is 0 Å². The van der Waals surface area contributed by atoms with Gasteiger partial charge in [0.1, 0.15) is 5.78 Å². The summed E-state index contributed by atoms with van der Waals surface area (Å²) in [4.78, 5) is 12.6. The summed E-state index contributed by atoms with van der Waals surface area (Å²) in [7, 11) is 0. The number of hydrogen-bond acceptors (Lipinski definition) is 3. The lowest BCUT2D eigenvalue weighted by molar-refractivity contribution is -0.127. The topological polar surface area (TPSA) is 60.9 Å². The number of aromatic nitrogens is 2. The third-order valence-corrected chi connectivity index (χ3v) is 5.50. The predicted molar refractivity (Wildman–Crippen MR) is 83.0 cm³/mol. The number of Topliss-reactive ketones (excluding diaryl/α,β-unsaturated/α-hetero) is 1. The molecule has 0 unspecified atom stereocenters. The van der Waals surface area contributed by atoms with Gasteiger partial charge in [0.2, 0.25) is 0 Å². The Morgan fingerprint density at radius 1 is 1.24 bits per heavy atom. The average Bonchev–Trinajstić information content (AvgIpc) is 3.18. The minimum Gasteiger partial charge on any atom is -0.329 e. The van der Waals surface area contributed by atoms with Crippen LogP contribution in [-0.4, -0.2) is 22.1 Å². The van der Waals surface area contributed by atoms with Crippen LogP contribution in [0.3, 0.4) is 0 Å². The summed E-state index contributed by atoms with van der Waals surface area (Å²) in [6.07, 6.45) is 13.1. The molecule has 2 aliphatic rings. The minimum absolute atomic E-state index is 0.255. The molecule has 0 amide bonds. The van der Waals surface area contributed by atoms with Crippen molar-refractivity contribution in [3.8, 4) is 0 Å². The quantitative estimate of drug-likeness (QED) is 0.906. The monoisotopic (exact) mass is 289 g/mol. The first kappa shape index (κ1) is 14.8. The van der Waals surface area contributed by atoms with Crippen LogP contribution in [0.15, 0.2) is 12.3 Å². The van der Waals surface area contributed by atoms with Gasteiger partial charge in [0.05, 0.1) is 18.2 Å². The Morgan fingerprint density at radius 2 is 1.95 bits per heavy atom. The first-order valence-corrected chi connectivity index (χ1v) is 8.51. The van der Waals surface area contributed by atoms with Gasteiger partial charge in [-0.2, -0.15) is 5.10 Å². The molecule has 0 spiro atoms. The zero-order valence-corrected chi connectivity index (χ0v) is 12.9. The van der Waals surface area contributed by atoms with Crippen LogP contribution in [0.2, 0.25) is 0 Å². The molecule has 116 valence electrons. The Kier molecular flexibility index (Phi) is 4.43. The molecular formula is C17H27N3O. The molecule has 2 N–H and O–H groups in total. The van der Waals surface area contributed by atoms with Gasteiger partial charge in [-0.15, -0.1) is 0 Å². The molecule has 0 atom stereocenters. The lowest BCUT2D eigenvalue weighted by atomic mass is 9.80. The van der Waals surface area contributed by atoms with E-state index in [0.29, 0.717) is 24.8 Å². The fourth-order valence-electron chi connectivity index (χ4n) is 4.02. The second-order valence-electron chi connectivity index (χ2n) is 6.87. The van der Waals surface area contributed by atoms with Crippen LogP contribution in [0.1, 0.15) is 69.5 Å². The summed E-state index contributed by atoms with van der Waals surface area (Å²) in [5.41, 5.74) is 6.57. The highest BCUT2D eigenvalue weighted by atomic mass is 16.1. The van der Waals surface area contributed by atoms with Gasteiger partial charge >= 0.3 is 0 Å². The Balaban J connectivity index is 1.65. The lowest BCUT2D eigenvalue weighted by Gasteiger charge is -2.25. The molecule has 2 saturated carbocycles. The first-order valence-electron chi connectivity index (χ1n) is 8.51. The predicted octanol–water partition coefficient (Wildman–Crippen LogP) is 3.02. The van der Waals surface area contributed by atoms with Crippen LogP contribution in [0.25, 0.3) is 0 Å². The highest BCUT2D eigenvalue weighted by Gasteiger charge is 2.39. The molecule has 1 aromatic heterocycles. The maximum atomic E-state index is 12.6. The summed E-state index contributed by atoms with van der Waals surface area (Å²) >= 11 is 0. The number of nitrogens with two attached hydrogens (primary N) is 1. The van der Waals surface area contributed by atoms with E-state index in [0.717, 1.165) is 31.4 Å². The van der Waals surface area contributed by atoms with Gasteiger partial charge in [-0.3, -0.25) is 9.48 Å². The van der Waals surface area contributed by atoms with Crippen LogP contribution in [0.4, 0.5) is 0 Å². The van der Waals surface area contributed by atoms with Crippen molar-refractivity contribution in [3.05, 3.63) is 18.0 Å². The maximum absolute atomic E-state index is 12.6. The van der Waals surface area contributed by atoms with E-state index in [2.05, 4.69) is 16.0 Å². The van der Waals surface area contributed by atoms with Crippen LogP contribution in [0.5, 0.6) is 0 Å². The highest BCUT2D eigenvalue weighted by Crippen LogP contribution is 2.38. The Labute approximate surface area is 127 Å². The molecule has 4 heteroatoms. The number of nitrogens with zero attached hydrogens (tertiary/aromatic N) is 2. The van der Waals surface area contributed by atoms with Gasteiger partial charge in [-0.1, -0.05) is 32.1 Å². The van der Waals surface area contributed by atoms with Crippen molar-refractivity contribution in [1.82, 2.24) is 9.78 Å². The number of carbonyl (C=O) groups is 1. The van der Waals surface area contributed by atoms with E-state index in [9.17, 15) is 4.79 Å². The molecule has 4 nitrogen and oxygen atoms in total. The molecule has 0 aliphatic heterocycles. The van der Waals surface area contributed by atoms with E-state index in [4.69, 9.17) is 5.73 Å². The van der Waals surface area contributed by atoms with E-state index >= 15 is 0 Å². The molecule has 0 aromatic carbocycles. The summed E-state index contributed by atoms with van der Waals surface area (Å²) in [6.45, 7) is 0.495. The lowest BCUT2D eigenvalue weighted by Crippen LogP contribution is -2.37. The van der Waals surface area contributed by atoms with Crippen LogP contribution in [-0.2, 0) is 11.2 Å². The molecule has 0 bridgehead atoms. The Bertz CT molecular complexity index is 482. The number of hydrogen-bond donors (Lipinski definition) is 1. The zero-order chi connectivity index (χ0) is 14.7. The fraction of sp³-hybridized carbons (Fsp3) is 0.765. The van der Waals surface area contributed by atoms with Crippen LogP contribution in [0, 0.1) is 5.41 Å². The standard InChI is InChI=1S/C17H27N3O/c18-13-17(9-4-5-10-17)16(21)12-14-8-11-20(19-14)15-6-2-1-3-7-15/h8,11,15H,1-7,9-10,12-13,18H2. The van der Waals surface area contributed by atoms with Crippen molar-refractivity contribution in [2.45, 2.75) is 70.3 Å². The van der Waals surface area contributed by atoms with Gasteiger partial charge in [-0.05, 0) is 31.7 Å².